The summed E-state index contributed by atoms with van der Waals surface area (Å²) in [5.41, 5.74) is 4.00. The van der Waals surface area contributed by atoms with E-state index >= 15 is 0 Å². The molecule has 0 aromatic heterocycles. The molecule has 0 saturated heterocycles. The van der Waals surface area contributed by atoms with Crippen LogP contribution in [-0.4, -0.2) is 13.6 Å². The van der Waals surface area contributed by atoms with Gasteiger partial charge in [-0.1, -0.05) is 45.5 Å². The largest absolute Gasteiger partial charge is 0.263 e. The lowest BCUT2D eigenvalue weighted by atomic mass is 9.82. The van der Waals surface area contributed by atoms with E-state index in [1.54, 1.807) is 0 Å². The first-order valence-corrected chi connectivity index (χ1v) is 6.92. The summed E-state index contributed by atoms with van der Waals surface area (Å²) < 4.78 is 0. The highest BCUT2D eigenvalue weighted by Crippen LogP contribution is 2.26. The maximum Gasteiger partial charge on any atom is 0.0733 e. The van der Waals surface area contributed by atoms with Crippen molar-refractivity contribution in [3.8, 4) is 0 Å². The second kappa shape index (κ2) is 6.42. The van der Waals surface area contributed by atoms with Crippen molar-refractivity contribution in [3.05, 3.63) is 11.3 Å². The summed E-state index contributed by atoms with van der Waals surface area (Å²) in [6, 6.07) is 0. The third kappa shape index (κ3) is 4.69. The van der Waals surface area contributed by atoms with Crippen molar-refractivity contribution in [2.45, 2.75) is 72.5 Å². The van der Waals surface area contributed by atoms with Crippen molar-refractivity contribution in [1.29, 1.82) is 0 Å². The van der Waals surface area contributed by atoms with Crippen molar-refractivity contribution in [3.63, 3.8) is 0 Å². The molecule has 17 heavy (non-hydrogen) atoms. The molecule has 0 aromatic rings. The van der Waals surface area contributed by atoms with Crippen LogP contribution in [0.5, 0.6) is 0 Å². The second-order valence-electron chi connectivity index (χ2n) is 6.15. The van der Waals surface area contributed by atoms with Gasteiger partial charge in [0.1, 0.15) is 0 Å². The lowest BCUT2D eigenvalue weighted by molar-refractivity contribution is 0.580. The van der Waals surface area contributed by atoms with E-state index in [9.17, 15) is 0 Å². The summed E-state index contributed by atoms with van der Waals surface area (Å²) in [4.78, 5) is 4.88. The molecule has 0 saturated carbocycles. The van der Waals surface area contributed by atoms with E-state index in [2.05, 4.69) is 27.7 Å². The Balaban J connectivity index is 2.94. The van der Waals surface area contributed by atoms with Crippen LogP contribution >= 0.6 is 0 Å². The summed E-state index contributed by atoms with van der Waals surface area (Å²) in [5, 5.41) is 0. The van der Waals surface area contributed by atoms with Gasteiger partial charge in [0.25, 0.3) is 0 Å². The standard InChI is InChI=1S/C15H26BN/c1-12-9-7-5-6-8-10-13(12)17-14(11-16)15(2,3)4/h5-11H2,1-4H3/b13-12+,17-14?. The quantitative estimate of drug-likeness (QED) is 0.483. The zero-order chi connectivity index (χ0) is 12.9. The molecule has 1 nitrogen and oxygen atoms in total. The van der Waals surface area contributed by atoms with Crippen LogP contribution in [0, 0.1) is 5.41 Å². The van der Waals surface area contributed by atoms with Gasteiger partial charge in [0.05, 0.1) is 7.85 Å². The van der Waals surface area contributed by atoms with Crippen molar-refractivity contribution in [2.24, 2.45) is 10.4 Å². The first-order chi connectivity index (χ1) is 7.95. The van der Waals surface area contributed by atoms with Crippen LogP contribution in [0.1, 0.15) is 66.2 Å². The lowest BCUT2D eigenvalue weighted by Crippen LogP contribution is -2.20. The summed E-state index contributed by atoms with van der Waals surface area (Å²) in [5.74, 6) is 0. The fraction of sp³-hybridized carbons (Fsp3) is 0.800. The maximum absolute atomic E-state index is 5.84. The molecule has 0 aromatic carbocycles. The monoisotopic (exact) mass is 231 g/mol. The molecule has 0 bridgehead atoms. The Morgan fingerprint density at radius 1 is 1.12 bits per heavy atom. The van der Waals surface area contributed by atoms with Gasteiger partial charge in [-0.15, -0.1) is 0 Å². The van der Waals surface area contributed by atoms with Crippen LogP contribution in [0.2, 0.25) is 6.32 Å². The minimum absolute atomic E-state index is 0.0877. The predicted molar refractivity (Wildman–Crippen MR) is 77.9 cm³/mol. The molecular weight excluding hydrogens is 205 g/mol. The molecule has 0 N–H and O–H groups in total. The predicted octanol–water partition coefficient (Wildman–Crippen LogP) is 4.69. The fourth-order valence-electron chi connectivity index (χ4n) is 2.23. The molecule has 1 rings (SSSR count). The van der Waals surface area contributed by atoms with E-state index < -0.39 is 0 Å². The number of hydrogen-bond donors (Lipinski definition) is 0. The molecule has 0 atom stereocenters. The van der Waals surface area contributed by atoms with Crippen molar-refractivity contribution in [2.75, 3.05) is 0 Å². The van der Waals surface area contributed by atoms with Gasteiger partial charge < -0.3 is 0 Å². The van der Waals surface area contributed by atoms with Gasteiger partial charge in [0, 0.05) is 11.4 Å². The van der Waals surface area contributed by atoms with Gasteiger partial charge in [-0.05, 0) is 38.0 Å². The van der Waals surface area contributed by atoms with Crippen LogP contribution in [0.25, 0.3) is 0 Å². The zero-order valence-corrected chi connectivity index (χ0v) is 12.0. The molecule has 1 aliphatic carbocycles. The highest BCUT2D eigenvalue weighted by atomic mass is 14.8. The normalized spacial score (nSPS) is 24.4. The Bertz CT molecular complexity index is 307. The van der Waals surface area contributed by atoms with Crippen LogP contribution in [0.15, 0.2) is 16.3 Å². The van der Waals surface area contributed by atoms with Crippen molar-refractivity contribution >= 4 is 13.6 Å². The Kier molecular flexibility index (Phi) is 5.49. The average Bonchev–Trinajstić information content (AvgIpc) is 2.21. The van der Waals surface area contributed by atoms with Gasteiger partial charge in [0.15, 0.2) is 0 Å². The first-order valence-electron chi connectivity index (χ1n) is 6.92. The lowest BCUT2D eigenvalue weighted by Gasteiger charge is -2.22. The van der Waals surface area contributed by atoms with E-state index in [1.165, 1.54) is 43.4 Å². The maximum atomic E-state index is 5.84. The topological polar surface area (TPSA) is 12.4 Å². The van der Waals surface area contributed by atoms with Gasteiger partial charge in [-0.3, -0.25) is 4.99 Å². The summed E-state index contributed by atoms with van der Waals surface area (Å²) >= 11 is 0. The highest BCUT2D eigenvalue weighted by Gasteiger charge is 2.18. The van der Waals surface area contributed by atoms with Crippen molar-refractivity contribution < 1.29 is 0 Å². The number of allylic oxidation sites excluding steroid dienone is 2. The number of aliphatic imine (C=N–C) groups is 1. The summed E-state index contributed by atoms with van der Waals surface area (Å²) in [6.07, 6.45) is 8.22. The van der Waals surface area contributed by atoms with E-state index in [0.29, 0.717) is 6.32 Å². The summed E-state index contributed by atoms with van der Waals surface area (Å²) in [6.45, 7) is 8.81. The molecule has 94 valence electrons. The molecule has 0 unspecified atom stereocenters. The second-order valence-corrected chi connectivity index (χ2v) is 6.15. The van der Waals surface area contributed by atoms with Crippen molar-refractivity contribution in [1.82, 2.24) is 0 Å². The zero-order valence-electron chi connectivity index (χ0n) is 12.0. The van der Waals surface area contributed by atoms with E-state index in [1.807, 2.05) is 0 Å². The van der Waals surface area contributed by atoms with Gasteiger partial charge in [0.2, 0.25) is 0 Å². The Labute approximate surface area is 108 Å². The van der Waals surface area contributed by atoms with E-state index in [-0.39, 0.29) is 5.41 Å². The molecule has 2 radical (unpaired) electrons. The van der Waals surface area contributed by atoms with Crippen LogP contribution < -0.4 is 0 Å². The summed E-state index contributed by atoms with van der Waals surface area (Å²) in [7, 11) is 5.84. The Morgan fingerprint density at radius 2 is 1.71 bits per heavy atom. The smallest absolute Gasteiger partial charge is 0.0733 e. The SMILES string of the molecule is [B]CC(=N/C1=C(\C)CCCCCC1)C(C)(C)C. The molecule has 0 spiro atoms. The Morgan fingerprint density at radius 3 is 2.24 bits per heavy atom. The van der Waals surface area contributed by atoms with Crippen LogP contribution in [0.4, 0.5) is 0 Å². The third-order valence-corrected chi connectivity index (χ3v) is 3.54. The molecule has 0 amide bonds. The first kappa shape index (κ1) is 14.5. The average molecular weight is 231 g/mol. The van der Waals surface area contributed by atoms with Gasteiger partial charge in [-0.25, -0.2) is 0 Å². The number of nitrogens with zero attached hydrogens (tertiary/aromatic N) is 1. The minimum atomic E-state index is 0.0877. The Hall–Kier alpha value is -0.525. The highest BCUT2D eigenvalue weighted by molar-refractivity contribution is 6.22. The van der Waals surface area contributed by atoms with Crippen LogP contribution in [-0.2, 0) is 0 Å². The molecular formula is C15H26BN. The molecule has 2 heteroatoms. The fourth-order valence-corrected chi connectivity index (χ4v) is 2.23. The number of hydrogen-bond acceptors (Lipinski definition) is 1. The third-order valence-electron chi connectivity index (χ3n) is 3.54. The van der Waals surface area contributed by atoms with E-state index in [0.717, 1.165) is 12.1 Å². The van der Waals surface area contributed by atoms with Gasteiger partial charge >= 0.3 is 0 Å². The van der Waals surface area contributed by atoms with E-state index in [4.69, 9.17) is 12.8 Å². The number of rotatable bonds is 2. The minimum Gasteiger partial charge on any atom is -0.263 e. The molecule has 0 aliphatic heterocycles. The van der Waals surface area contributed by atoms with Gasteiger partial charge in [-0.2, -0.15) is 0 Å². The molecule has 0 heterocycles. The molecule has 1 aliphatic rings. The molecule has 0 fully saturated rings. The van der Waals surface area contributed by atoms with Crippen LogP contribution in [0.3, 0.4) is 0 Å².